The highest BCUT2D eigenvalue weighted by atomic mass is 32.2. The summed E-state index contributed by atoms with van der Waals surface area (Å²) in [4.78, 5) is 11.0. The van der Waals surface area contributed by atoms with Crippen LogP contribution in [0.4, 0.5) is 0 Å². The molecule has 1 spiro atoms. The van der Waals surface area contributed by atoms with E-state index in [1.165, 1.54) is 24.6 Å². The van der Waals surface area contributed by atoms with Gasteiger partial charge in [-0.3, -0.25) is 4.79 Å². The Morgan fingerprint density at radius 2 is 2.12 bits per heavy atom. The van der Waals surface area contributed by atoms with Crippen LogP contribution < -0.4 is 0 Å². The molecule has 2 rings (SSSR count). The van der Waals surface area contributed by atoms with Gasteiger partial charge < -0.3 is 14.6 Å². The maximum atomic E-state index is 11.0. The van der Waals surface area contributed by atoms with Crippen molar-refractivity contribution in [1.82, 2.24) is 0 Å². The second-order valence-corrected chi connectivity index (χ2v) is 6.94. The Labute approximate surface area is 106 Å². The highest BCUT2D eigenvalue weighted by molar-refractivity contribution is 8.01. The average molecular weight is 260 g/mol. The van der Waals surface area contributed by atoms with Gasteiger partial charge in [0.05, 0.1) is 12.7 Å². The Balaban J connectivity index is 1.80. The fourth-order valence-electron chi connectivity index (χ4n) is 2.24. The van der Waals surface area contributed by atoms with Crippen LogP contribution in [0.3, 0.4) is 0 Å². The maximum Gasteiger partial charge on any atom is 0.319 e. The number of hydrogen-bond donors (Lipinski definition) is 1. The van der Waals surface area contributed by atoms with E-state index in [4.69, 9.17) is 14.6 Å². The normalized spacial score (nSPS) is 27.8. The quantitative estimate of drug-likeness (QED) is 0.840. The smallest absolute Gasteiger partial charge is 0.319 e. The Kier molecular flexibility index (Phi) is 3.71. The molecule has 0 aromatic rings. The van der Waals surface area contributed by atoms with Crippen molar-refractivity contribution in [2.75, 3.05) is 12.4 Å². The average Bonchev–Trinajstić information content (AvgIpc) is 2.87. The molecule has 4 nitrogen and oxygen atoms in total. The summed E-state index contributed by atoms with van der Waals surface area (Å²) in [5, 5.41) is 9.03. The van der Waals surface area contributed by atoms with Crippen molar-refractivity contribution in [3.05, 3.63) is 0 Å². The molecular formula is C12H20O4S. The number of hydrogen-bond acceptors (Lipinski definition) is 4. The fourth-order valence-corrected chi connectivity index (χ4v) is 3.13. The summed E-state index contributed by atoms with van der Waals surface area (Å²) in [6.45, 7) is 4.05. The summed E-state index contributed by atoms with van der Waals surface area (Å²) in [6.07, 6.45) is 4.34. The molecule has 1 atom stereocenters. The largest absolute Gasteiger partial charge is 0.480 e. The molecule has 1 heterocycles. The lowest BCUT2D eigenvalue weighted by atomic mass is 10.2. The van der Waals surface area contributed by atoms with Crippen molar-refractivity contribution < 1.29 is 19.4 Å². The number of ether oxygens (including phenoxy) is 2. The zero-order valence-electron chi connectivity index (χ0n) is 10.4. The molecule has 1 N–H and O–H groups in total. The summed E-state index contributed by atoms with van der Waals surface area (Å²) >= 11 is 1.42. The molecule has 1 aliphatic carbocycles. The van der Waals surface area contributed by atoms with Crippen LogP contribution in [0.5, 0.6) is 0 Å². The molecule has 2 aliphatic rings. The van der Waals surface area contributed by atoms with Crippen LogP contribution in [0.25, 0.3) is 0 Å². The van der Waals surface area contributed by atoms with E-state index in [-0.39, 0.29) is 11.9 Å². The van der Waals surface area contributed by atoms with Crippen molar-refractivity contribution in [2.24, 2.45) is 0 Å². The number of rotatable bonds is 4. The monoisotopic (exact) mass is 260 g/mol. The molecule has 0 radical (unpaired) electrons. The number of carboxylic acid groups (broad SMARTS) is 1. The van der Waals surface area contributed by atoms with Crippen molar-refractivity contribution in [3.8, 4) is 0 Å². The van der Waals surface area contributed by atoms with E-state index < -0.39 is 10.7 Å². The van der Waals surface area contributed by atoms with E-state index in [0.29, 0.717) is 12.4 Å². The first-order valence-corrected chi connectivity index (χ1v) is 7.11. The van der Waals surface area contributed by atoms with Crippen molar-refractivity contribution in [1.29, 1.82) is 0 Å². The molecule has 0 bridgehead atoms. The Hall–Kier alpha value is -0.260. The lowest BCUT2D eigenvalue weighted by Gasteiger charge is -2.23. The molecule has 2 fully saturated rings. The van der Waals surface area contributed by atoms with Gasteiger partial charge in [-0.2, -0.15) is 0 Å². The Morgan fingerprint density at radius 3 is 2.71 bits per heavy atom. The van der Waals surface area contributed by atoms with Crippen molar-refractivity contribution in [2.45, 2.75) is 56.2 Å². The lowest BCUT2D eigenvalue weighted by Crippen LogP contribution is -2.31. The van der Waals surface area contributed by atoms with E-state index in [0.717, 1.165) is 12.8 Å². The Morgan fingerprint density at radius 1 is 1.47 bits per heavy atom. The highest BCUT2D eigenvalue weighted by Crippen LogP contribution is 2.40. The number of thioether (sulfide) groups is 1. The minimum Gasteiger partial charge on any atom is -0.480 e. The van der Waals surface area contributed by atoms with Crippen LogP contribution in [-0.2, 0) is 14.3 Å². The predicted molar refractivity (Wildman–Crippen MR) is 66.2 cm³/mol. The third-order valence-corrected chi connectivity index (χ3v) is 4.86. The van der Waals surface area contributed by atoms with Gasteiger partial charge in [-0.25, -0.2) is 0 Å². The molecule has 0 aromatic heterocycles. The van der Waals surface area contributed by atoms with Crippen molar-refractivity contribution in [3.63, 3.8) is 0 Å². The third kappa shape index (κ3) is 2.95. The van der Waals surface area contributed by atoms with Gasteiger partial charge >= 0.3 is 5.97 Å². The minimum absolute atomic E-state index is 0.0386. The van der Waals surface area contributed by atoms with Crippen LogP contribution >= 0.6 is 11.8 Å². The predicted octanol–water partition coefficient (Wildman–Crippen LogP) is 2.27. The molecule has 1 saturated carbocycles. The van der Waals surface area contributed by atoms with Crippen LogP contribution in [0.15, 0.2) is 0 Å². The standard InChI is InChI=1S/C12H20O4S/c1-11(2,10(13)14)17-8-9-7-15-12(16-9)5-3-4-6-12/h9H,3-8H2,1-2H3,(H,13,14). The molecule has 17 heavy (non-hydrogen) atoms. The molecule has 0 amide bonds. The maximum absolute atomic E-state index is 11.0. The molecule has 98 valence electrons. The lowest BCUT2D eigenvalue weighted by molar-refractivity contribution is -0.159. The van der Waals surface area contributed by atoms with Gasteiger partial charge in [0, 0.05) is 18.6 Å². The summed E-state index contributed by atoms with van der Waals surface area (Å²) < 4.78 is 11.0. The zero-order valence-corrected chi connectivity index (χ0v) is 11.2. The van der Waals surface area contributed by atoms with Crippen LogP contribution in [0.2, 0.25) is 0 Å². The first-order valence-electron chi connectivity index (χ1n) is 6.13. The summed E-state index contributed by atoms with van der Waals surface area (Å²) in [5.74, 6) is -0.434. The minimum atomic E-state index is -0.781. The first kappa shape index (κ1) is 13.2. The van der Waals surface area contributed by atoms with Gasteiger partial charge in [0.15, 0.2) is 5.79 Å². The van der Waals surface area contributed by atoms with E-state index in [1.54, 1.807) is 13.8 Å². The molecule has 5 heteroatoms. The third-order valence-electron chi connectivity index (χ3n) is 3.42. The highest BCUT2D eigenvalue weighted by Gasteiger charge is 2.44. The number of carbonyl (C=O) groups is 1. The molecule has 1 saturated heterocycles. The van der Waals surface area contributed by atoms with Gasteiger partial charge in [0.1, 0.15) is 4.75 Å². The summed E-state index contributed by atoms with van der Waals surface area (Å²) in [6, 6.07) is 0. The Bertz CT molecular complexity index is 297. The number of aliphatic carboxylic acids is 1. The zero-order chi connectivity index (χ0) is 12.5. The summed E-state index contributed by atoms with van der Waals surface area (Å²) in [5.41, 5.74) is 0. The second kappa shape index (κ2) is 4.78. The summed E-state index contributed by atoms with van der Waals surface area (Å²) in [7, 11) is 0. The first-order chi connectivity index (χ1) is 7.94. The van der Waals surface area contributed by atoms with E-state index in [9.17, 15) is 4.79 Å². The van der Waals surface area contributed by atoms with Gasteiger partial charge in [-0.05, 0) is 26.7 Å². The van der Waals surface area contributed by atoms with Crippen LogP contribution in [-0.4, -0.2) is 40.1 Å². The molecule has 0 aromatic carbocycles. The SMILES string of the molecule is CC(C)(SCC1COC2(CCCC2)O1)C(=O)O. The van der Waals surface area contributed by atoms with Gasteiger partial charge in [-0.1, -0.05) is 0 Å². The molecular weight excluding hydrogens is 240 g/mol. The van der Waals surface area contributed by atoms with Crippen LogP contribution in [0, 0.1) is 0 Å². The second-order valence-electron chi connectivity index (χ2n) is 5.30. The molecule has 1 unspecified atom stereocenters. The van der Waals surface area contributed by atoms with Crippen molar-refractivity contribution >= 4 is 17.7 Å². The topological polar surface area (TPSA) is 55.8 Å². The van der Waals surface area contributed by atoms with E-state index in [2.05, 4.69) is 0 Å². The van der Waals surface area contributed by atoms with Gasteiger partial charge in [0.2, 0.25) is 0 Å². The van der Waals surface area contributed by atoms with E-state index in [1.807, 2.05) is 0 Å². The fraction of sp³-hybridized carbons (Fsp3) is 0.917. The van der Waals surface area contributed by atoms with Gasteiger partial charge in [0.25, 0.3) is 0 Å². The van der Waals surface area contributed by atoms with Crippen LogP contribution in [0.1, 0.15) is 39.5 Å². The number of carboxylic acids is 1. The molecule has 1 aliphatic heterocycles. The van der Waals surface area contributed by atoms with E-state index >= 15 is 0 Å². The van der Waals surface area contributed by atoms with Gasteiger partial charge in [-0.15, -0.1) is 11.8 Å².